The highest BCUT2D eigenvalue weighted by Gasteiger charge is 2.06. The molecular weight excluding hydrogens is 231 g/mol. The van der Waals surface area contributed by atoms with Crippen LogP contribution in [0.2, 0.25) is 0 Å². The van der Waals surface area contributed by atoms with Crippen LogP contribution in [0, 0.1) is 12.7 Å². The molecule has 0 N–H and O–H groups in total. The van der Waals surface area contributed by atoms with Crippen LogP contribution in [0.15, 0.2) is 36.7 Å². The maximum absolute atomic E-state index is 12.9. The van der Waals surface area contributed by atoms with Crippen molar-refractivity contribution >= 4 is 11.9 Å². The predicted molar refractivity (Wildman–Crippen MR) is 67.7 cm³/mol. The fourth-order valence-electron chi connectivity index (χ4n) is 1.69. The van der Waals surface area contributed by atoms with Gasteiger partial charge < -0.3 is 0 Å². The van der Waals surface area contributed by atoms with E-state index in [-0.39, 0.29) is 11.6 Å². The summed E-state index contributed by atoms with van der Waals surface area (Å²) in [5.41, 5.74) is 2.00. The third kappa shape index (κ3) is 2.71. The zero-order valence-electron chi connectivity index (χ0n) is 10.2. The van der Waals surface area contributed by atoms with Crippen LogP contribution in [-0.4, -0.2) is 15.6 Å². The van der Waals surface area contributed by atoms with E-state index in [2.05, 4.69) is 5.10 Å². The molecule has 0 atom stereocenters. The van der Waals surface area contributed by atoms with Crippen LogP contribution in [0.1, 0.15) is 21.5 Å². The highest BCUT2D eigenvalue weighted by molar-refractivity contribution is 6.07. The van der Waals surface area contributed by atoms with Gasteiger partial charge in [0.25, 0.3) is 0 Å². The quantitative estimate of drug-likeness (QED) is 0.614. The Bertz CT molecular complexity index is 614. The second kappa shape index (κ2) is 4.96. The molecule has 2 aromatic rings. The van der Waals surface area contributed by atoms with Crippen LogP contribution < -0.4 is 0 Å². The molecule has 0 fully saturated rings. The molecule has 92 valence electrons. The van der Waals surface area contributed by atoms with Gasteiger partial charge in [0.1, 0.15) is 5.82 Å². The molecule has 1 aromatic heterocycles. The molecule has 0 bridgehead atoms. The lowest BCUT2D eigenvalue weighted by Gasteiger charge is -2.00. The van der Waals surface area contributed by atoms with Crippen molar-refractivity contribution in [2.45, 2.75) is 6.92 Å². The summed E-state index contributed by atoms with van der Waals surface area (Å²) < 4.78 is 14.6. The Balaban J connectivity index is 2.19. The third-order valence-electron chi connectivity index (χ3n) is 2.61. The van der Waals surface area contributed by atoms with Gasteiger partial charge in [-0.25, -0.2) is 4.39 Å². The Morgan fingerprint density at radius 1 is 1.44 bits per heavy atom. The molecule has 0 aliphatic rings. The number of benzene rings is 1. The molecule has 0 amide bonds. The SMILES string of the molecule is Cc1cc(F)ccc1C(=O)C=Cc1cnn(C)c1. The van der Waals surface area contributed by atoms with E-state index >= 15 is 0 Å². The lowest BCUT2D eigenvalue weighted by Crippen LogP contribution is -1.98. The van der Waals surface area contributed by atoms with Crippen molar-refractivity contribution < 1.29 is 9.18 Å². The van der Waals surface area contributed by atoms with Crippen LogP contribution in [0.5, 0.6) is 0 Å². The van der Waals surface area contributed by atoms with Crippen molar-refractivity contribution in [2.24, 2.45) is 7.05 Å². The van der Waals surface area contributed by atoms with E-state index in [1.807, 2.05) is 7.05 Å². The molecule has 3 nitrogen and oxygen atoms in total. The second-order valence-electron chi connectivity index (χ2n) is 4.10. The van der Waals surface area contributed by atoms with E-state index in [0.717, 1.165) is 5.56 Å². The Labute approximate surface area is 105 Å². The number of aromatic nitrogens is 2. The maximum Gasteiger partial charge on any atom is 0.186 e. The van der Waals surface area contributed by atoms with Crippen molar-refractivity contribution in [2.75, 3.05) is 0 Å². The molecule has 1 aromatic carbocycles. The zero-order valence-corrected chi connectivity index (χ0v) is 10.2. The zero-order chi connectivity index (χ0) is 13.1. The second-order valence-corrected chi connectivity index (χ2v) is 4.10. The number of hydrogen-bond acceptors (Lipinski definition) is 2. The van der Waals surface area contributed by atoms with Crippen molar-refractivity contribution in [1.29, 1.82) is 0 Å². The Kier molecular flexibility index (Phi) is 3.37. The number of hydrogen-bond donors (Lipinski definition) is 0. The first kappa shape index (κ1) is 12.2. The van der Waals surface area contributed by atoms with Crippen LogP contribution >= 0.6 is 0 Å². The first-order valence-electron chi connectivity index (χ1n) is 5.53. The van der Waals surface area contributed by atoms with Crippen LogP contribution in [0.3, 0.4) is 0 Å². The lowest BCUT2D eigenvalue weighted by molar-refractivity contribution is 0.104. The monoisotopic (exact) mass is 244 g/mol. The molecule has 18 heavy (non-hydrogen) atoms. The number of carbonyl (C=O) groups is 1. The average Bonchev–Trinajstić information content (AvgIpc) is 2.72. The number of aryl methyl sites for hydroxylation is 2. The van der Waals surface area contributed by atoms with E-state index in [4.69, 9.17) is 0 Å². The standard InChI is InChI=1S/C14H13FN2O/c1-10-7-12(15)4-5-13(10)14(18)6-3-11-8-16-17(2)9-11/h3-9H,1-2H3. The van der Waals surface area contributed by atoms with Gasteiger partial charge in [-0.15, -0.1) is 0 Å². The minimum atomic E-state index is -0.333. The van der Waals surface area contributed by atoms with E-state index < -0.39 is 0 Å². The predicted octanol–water partition coefficient (Wildman–Crippen LogP) is 2.76. The van der Waals surface area contributed by atoms with E-state index in [1.54, 1.807) is 30.1 Å². The summed E-state index contributed by atoms with van der Waals surface area (Å²) in [6.45, 7) is 1.72. The normalized spacial score (nSPS) is 11.1. The van der Waals surface area contributed by atoms with Crippen LogP contribution in [-0.2, 0) is 7.05 Å². The molecule has 0 radical (unpaired) electrons. The summed E-state index contributed by atoms with van der Waals surface area (Å²) in [7, 11) is 1.81. The van der Waals surface area contributed by atoms with Gasteiger partial charge in [0, 0.05) is 24.4 Å². The van der Waals surface area contributed by atoms with Crippen molar-refractivity contribution in [1.82, 2.24) is 9.78 Å². The summed E-state index contributed by atoms with van der Waals surface area (Å²) >= 11 is 0. The van der Waals surface area contributed by atoms with Crippen molar-refractivity contribution in [3.05, 3.63) is 59.2 Å². The Morgan fingerprint density at radius 2 is 2.22 bits per heavy atom. The number of nitrogens with zero attached hydrogens (tertiary/aromatic N) is 2. The average molecular weight is 244 g/mol. The minimum Gasteiger partial charge on any atom is -0.289 e. The fraction of sp³-hybridized carbons (Fsp3) is 0.143. The molecule has 0 spiro atoms. The van der Waals surface area contributed by atoms with Crippen molar-refractivity contribution in [3.8, 4) is 0 Å². The summed E-state index contributed by atoms with van der Waals surface area (Å²) in [5.74, 6) is -0.475. The third-order valence-corrected chi connectivity index (χ3v) is 2.61. The number of ketones is 1. The van der Waals surface area contributed by atoms with Gasteiger partial charge in [0.2, 0.25) is 0 Å². The highest BCUT2D eigenvalue weighted by Crippen LogP contribution is 2.12. The van der Waals surface area contributed by atoms with Gasteiger partial charge >= 0.3 is 0 Å². The Hall–Kier alpha value is -2.23. The fourth-order valence-corrected chi connectivity index (χ4v) is 1.69. The number of allylic oxidation sites excluding steroid dienone is 1. The summed E-state index contributed by atoms with van der Waals surface area (Å²) in [6, 6.07) is 4.14. The van der Waals surface area contributed by atoms with Gasteiger partial charge in [-0.3, -0.25) is 9.48 Å². The first-order chi connectivity index (χ1) is 8.56. The van der Waals surface area contributed by atoms with Gasteiger partial charge in [0.15, 0.2) is 5.78 Å². The van der Waals surface area contributed by atoms with Crippen LogP contribution in [0.25, 0.3) is 6.08 Å². The topological polar surface area (TPSA) is 34.9 Å². The molecule has 0 unspecified atom stereocenters. The lowest BCUT2D eigenvalue weighted by atomic mass is 10.0. The minimum absolute atomic E-state index is 0.142. The van der Waals surface area contributed by atoms with E-state index in [9.17, 15) is 9.18 Å². The highest BCUT2D eigenvalue weighted by atomic mass is 19.1. The van der Waals surface area contributed by atoms with Crippen LogP contribution in [0.4, 0.5) is 4.39 Å². The summed E-state index contributed by atoms with van der Waals surface area (Å²) in [6.07, 6.45) is 6.64. The number of carbonyl (C=O) groups excluding carboxylic acids is 1. The molecule has 1 heterocycles. The summed E-state index contributed by atoms with van der Waals surface area (Å²) in [5, 5.41) is 4.00. The number of rotatable bonds is 3. The van der Waals surface area contributed by atoms with Crippen molar-refractivity contribution in [3.63, 3.8) is 0 Å². The maximum atomic E-state index is 12.9. The Morgan fingerprint density at radius 3 is 2.83 bits per heavy atom. The first-order valence-corrected chi connectivity index (χ1v) is 5.53. The molecular formula is C14H13FN2O. The molecule has 0 saturated heterocycles. The molecule has 2 rings (SSSR count). The van der Waals surface area contributed by atoms with E-state index in [0.29, 0.717) is 11.1 Å². The van der Waals surface area contributed by atoms with Gasteiger partial charge in [-0.1, -0.05) is 0 Å². The molecule has 4 heteroatoms. The van der Waals surface area contributed by atoms with Gasteiger partial charge in [0.05, 0.1) is 6.20 Å². The molecule has 0 aliphatic heterocycles. The van der Waals surface area contributed by atoms with Gasteiger partial charge in [-0.2, -0.15) is 5.10 Å². The molecule has 0 saturated carbocycles. The molecule has 0 aliphatic carbocycles. The summed E-state index contributed by atoms with van der Waals surface area (Å²) in [4.78, 5) is 11.9. The smallest absolute Gasteiger partial charge is 0.186 e. The largest absolute Gasteiger partial charge is 0.289 e. The number of halogens is 1. The van der Waals surface area contributed by atoms with E-state index in [1.165, 1.54) is 24.3 Å². The van der Waals surface area contributed by atoms with Gasteiger partial charge in [-0.05, 0) is 42.8 Å².